The molecule has 0 spiro atoms. The number of benzene rings is 2. The van der Waals surface area contributed by atoms with E-state index in [1.54, 1.807) is 41.1 Å². The van der Waals surface area contributed by atoms with Crippen molar-refractivity contribution in [1.29, 1.82) is 0 Å². The van der Waals surface area contributed by atoms with Gasteiger partial charge in [0, 0.05) is 11.8 Å². The van der Waals surface area contributed by atoms with Crippen LogP contribution in [0.5, 0.6) is 0 Å². The highest BCUT2D eigenvalue weighted by Crippen LogP contribution is 2.20. The molecule has 0 aliphatic heterocycles. The number of para-hydroxylation sites is 2. The van der Waals surface area contributed by atoms with E-state index in [0.717, 1.165) is 0 Å². The van der Waals surface area contributed by atoms with E-state index in [9.17, 15) is 9.59 Å². The first-order valence-corrected chi connectivity index (χ1v) is 7.52. The largest absolute Gasteiger partial charge is 0.325 e. The van der Waals surface area contributed by atoms with Crippen LogP contribution < -0.4 is 10.7 Å². The summed E-state index contributed by atoms with van der Waals surface area (Å²) in [5.41, 5.74) is 1.17. The number of amides is 1. The summed E-state index contributed by atoms with van der Waals surface area (Å²) >= 11 is 6.01. The van der Waals surface area contributed by atoms with E-state index in [2.05, 4.69) is 10.4 Å². The van der Waals surface area contributed by atoms with Gasteiger partial charge >= 0.3 is 0 Å². The first-order chi connectivity index (χ1) is 11.1. The maximum Gasteiger partial charge on any atom is 0.226 e. The summed E-state index contributed by atoms with van der Waals surface area (Å²) in [7, 11) is 0. The minimum Gasteiger partial charge on any atom is -0.325 e. The van der Waals surface area contributed by atoms with E-state index in [-0.39, 0.29) is 17.8 Å². The Morgan fingerprint density at radius 2 is 1.87 bits per heavy atom. The maximum absolute atomic E-state index is 12.1. The quantitative estimate of drug-likeness (QED) is 0.801. The highest BCUT2D eigenvalue weighted by atomic mass is 35.5. The minimum atomic E-state index is -0.164. The molecule has 0 radical (unpaired) electrons. The van der Waals surface area contributed by atoms with E-state index in [1.807, 2.05) is 12.1 Å². The molecule has 0 saturated carbocycles. The SMILES string of the molecule is O=C(CCn1ncc(=O)c2ccccc21)Nc1ccccc1Cl. The van der Waals surface area contributed by atoms with Crippen molar-refractivity contribution in [2.24, 2.45) is 0 Å². The standard InChI is InChI=1S/C17H14ClN3O2/c18-13-6-2-3-7-14(13)20-17(23)9-10-21-15-8-4-1-5-12(15)16(22)11-19-21/h1-8,11H,9-10H2,(H,20,23). The fourth-order valence-electron chi connectivity index (χ4n) is 2.32. The number of nitrogens with one attached hydrogen (secondary N) is 1. The number of rotatable bonds is 4. The van der Waals surface area contributed by atoms with Crippen LogP contribution in [0.2, 0.25) is 5.02 Å². The van der Waals surface area contributed by atoms with Gasteiger partial charge in [0.2, 0.25) is 11.3 Å². The number of hydrogen-bond acceptors (Lipinski definition) is 3. The molecule has 0 aliphatic rings. The Morgan fingerprint density at radius 1 is 1.13 bits per heavy atom. The van der Waals surface area contributed by atoms with Crippen molar-refractivity contribution in [3.8, 4) is 0 Å². The number of fused-ring (bicyclic) bond motifs is 1. The van der Waals surface area contributed by atoms with Gasteiger partial charge in [0.15, 0.2) is 0 Å². The van der Waals surface area contributed by atoms with Crippen LogP contribution in [-0.2, 0) is 11.3 Å². The van der Waals surface area contributed by atoms with Crippen LogP contribution in [0.25, 0.3) is 10.9 Å². The molecule has 0 aliphatic carbocycles. The molecule has 6 heteroatoms. The molecule has 2 aromatic carbocycles. The van der Waals surface area contributed by atoms with Gasteiger partial charge in [0.25, 0.3) is 0 Å². The van der Waals surface area contributed by atoms with Crippen LogP contribution in [0.15, 0.2) is 59.5 Å². The summed E-state index contributed by atoms with van der Waals surface area (Å²) < 4.78 is 1.66. The third-order valence-corrected chi connectivity index (χ3v) is 3.79. The Bertz CT molecular complexity index is 921. The molecule has 0 unspecified atom stereocenters. The fourth-order valence-corrected chi connectivity index (χ4v) is 2.50. The van der Waals surface area contributed by atoms with Gasteiger partial charge in [0.1, 0.15) is 0 Å². The molecular weight excluding hydrogens is 314 g/mol. The van der Waals surface area contributed by atoms with Crippen molar-refractivity contribution < 1.29 is 4.79 Å². The summed E-state index contributed by atoms with van der Waals surface area (Å²) in [6.07, 6.45) is 1.50. The van der Waals surface area contributed by atoms with Gasteiger partial charge < -0.3 is 5.32 Å². The Labute approximate surface area is 137 Å². The molecule has 3 aromatic rings. The van der Waals surface area contributed by atoms with Gasteiger partial charge in [-0.2, -0.15) is 5.10 Å². The summed E-state index contributed by atoms with van der Waals surface area (Å²) in [6.45, 7) is 0.372. The van der Waals surface area contributed by atoms with Crippen molar-refractivity contribution in [3.63, 3.8) is 0 Å². The number of aryl methyl sites for hydroxylation is 1. The van der Waals surface area contributed by atoms with Gasteiger partial charge in [-0.3, -0.25) is 14.3 Å². The van der Waals surface area contributed by atoms with Gasteiger partial charge in [-0.25, -0.2) is 0 Å². The molecule has 1 N–H and O–H groups in total. The lowest BCUT2D eigenvalue weighted by molar-refractivity contribution is -0.116. The molecular formula is C17H14ClN3O2. The number of carbonyl (C=O) groups is 1. The number of nitrogens with zero attached hydrogens (tertiary/aromatic N) is 2. The molecule has 1 aromatic heterocycles. The number of anilines is 1. The predicted octanol–water partition coefficient (Wildman–Crippen LogP) is 3.08. The Balaban J connectivity index is 1.74. The second-order valence-corrected chi connectivity index (χ2v) is 5.43. The van der Waals surface area contributed by atoms with Crippen LogP contribution in [0, 0.1) is 0 Å². The Kier molecular flexibility index (Phi) is 4.39. The lowest BCUT2D eigenvalue weighted by atomic mass is 10.2. The third-order valence-electron chi connectivity index (χ3n) is 3.46. The highest BCUT2D eigenvalue weighted by molar-refractivity contribution is 6.33. The number of halogens is 1. The molecule has 0 fully saturated rings. The number of aromatic nitrogens is 2. The lowest BCUT2D eigenvalue weighted by Gasteiger charge is -2.10. The summed E-state index contributed by atoms with van der Waals surface area (Å²) in [5.74, 6) is -0.164. The average Bonchev–Trinajstić information content (AvgIpc) is 2.57. The third kappa shape index (κ3) is 3.40. The van der Waals surface area contributed by atoms with Crippen molar-refractivity contribution in [3.05, 3.63) is 70.0 Å². The zero-order valence-electron chi connectivity index (χ0n) is 12.2. The van der Waals surface area contributed by atoms with Crippen LogP contribution in [-0.4, -0.2) is 15.7 Å². The monoisotopic (exact) mass is 327 g/mol. The topological polar surface area (TPSA) is 64.0 Å². The first kappa shape index (κ1) is 15.2. The second-order valence-electron chi connectivity index (χ2n) is 5.03. The molecule has 0 bridgehead atoms. The second kappa shape index (κ2) is 6.62. The maximum atomic E-state index is 12.1. The highest BCUT2D eigenvalue weighted by Gasteiger charge is 2.08. The lowest BCUT2D eigenvalue weighted by Crippen LogP contribution is -2.18. The van der Waals surface area contributed by atoms with Crippen molar-refractivity contribution >= 4 is 34.1 Å². The van der Waals surface area contributed by atoms with Crippen LogP contribution in [0.1, 0.15) is 6.42 Å². The average molecular weight is 328 g/mol. The van der Waals surface area contributed by atoms with Gasteiger partial charge in [-0.1, -0.05) is 35.9 Å². The summed E-state index contributed by atoms with van der Waals surface area (Å²) in [6, 6.07) is 14.3. The fraction of sp³-hybridized carbons (Fsp3) is 0.118. The zero-order valence-corrected chi connectivity index (χ0v) is 13.0. The van der Waals surface area contributed by atoms with Crippen LogP contribution in [0.4, 0.5) is 5.69 Å². The molecule has 5 nitrogen and oxygen atoms in total. The van der Waals surface area contributed by atoms with E-state index in [0.29, 0.717) is 28.2 Å². The number of hydrogen-bond donors (Lipinski definition) is 1. The van der Waals surface area contributed by atoms with Crippen molar-refractivity contribution in [2.75, 3.05) is 5.32 Å². The molecule has 1 amide bonds. The molecule has 0 saturated heterocycles. The summed E-state index contributed by atoms with van der Waals surface area (Å²) in [5, 5.41) is 7.95. The van der Waals surface area contributed by atoms with Gasteiger partial charge in [-0.15, -0.1) is 0 Å². The van der Waals surface area contributed by atoms with E-state index < -0.39 is 0 Å². The first-order valence-electron chi connectivity index (χ1n) is 7.14. The Hall–Kier alpha value is -2.66. The zero-order chi connectivity index (χ0) is 16.2. The molecule has 1 heterocycles. The van der Waals surface area contributed by atoms with Crippen LogP contribution >= 0.6 is 11.6 Å². The number of carbonyl (C=O) groups excluding carboxylic acids is 1. The van der Waals surface area contributed by atoms with E-state index in [1.165, 1.54) is 6.20 Å². The smallest absolute Gasteiger partial charge is 0.226 e. The minimum absolute atomic E-state index is 0.127. The molecule has 116 valence electrons. The predicted molar refractivity (Wildman–Crippen MR) is 90.7 cm³/mol. The van der Waals surface area contributed by atoms with Crippen molar-refractivity contribution in [2.45, 2.75) is 13.0 Å². The van der Waals surface area contributed by atoms with Crippen molar-refractivity contribution in [1.82, 2.24) is 9.78 Å². The van der Waals surface area contributed by atoms with Gasteiger partial charge in [0.05, 0.1) is 29.0 Å². The van der Waals surface area contributed by atoms with E-state index in [4.69, 9.17) is 11.6 Å². The normalized spacial score (nSPS) is 10.7. The molecule has 3 rings (SSSR count). The molecule has 23 heavy (non-hydrogen) atoms. The molecule has 0 atom stereocenters. The van der Waals surface area contributed by atoms with Gasteiger partial charge in [-0.05, 0) is 24.3 Å². The van der Waals surface area contributed by atoms with Crippen LogP contribution in [0.3, 0.4) is 0 Å². The van der Waals surface area contributed by atoms with E-state index >= 15 is 0 Å². The summed E-state index contributed by atoms with van der Waals surface area (Å²) in [4.78, 5) is 23.8. The Morgan fingerprint density at radius 3 is 2.70 bits per heavy atom.